The normalized spacial score (nSPS) is 14.3. The van der Waals surface area contributed by atoms with Crippen molar-refractivity contribution in [1.29, 1.82) is 0 Å². The predicted molar refractivity (Wildman–Crippen MR) is 60.0 cm³/mol. The van der Waals surface area contributed by atoms with Gasteiger partial charge in [-0.05, 0) is 25.1 Å². The van der Waals surface area contributed by atoms with Crippen molar-refractivity contribution in [1.82, 2.24) is 0 Å². The molecular weight excluding hydrogens is 206 g/mol. The van der Waals surface area contributed by atoms with Gasteiger partial charge in [-0.3, -0.25) is 0 Å². The minimum absolute atomic E-state index is 0.565. The zero-order valence-corrected chi connectivity index (χ0v) is 8.86. The summed E-state index contributed by atoms with van der Waals surface area (Å²) in [5.74, 6) is 1.59. The van der Waals surface area contributed by atoms with Gasteiger partial charge in [0.15, 0.2) is 11.5 Å². The third-order valence-corrected chi connectivity index (χ3v) is 2.74. The number of hydrogen-bond acceptors (Lipinski definition) is 4. The number of nitrogens with two attached hydrogens (primary N) is 1. The molecule has 16 heavy (non-hydrogen) atoms. The molecule has 4 heteroatoms. The number of hydrogen-bond donors (Lipinski definition) is 1. The molecule has 2 heterocycles. The van der Waals surface area contributed by atoms with Gasteiger partial charge < -0.3 is 19.6 Å². The Labute approximate surface area is 92.9 Å². The van der Waals surface area contributed by atoms with Gasteiger partial charge in [0, 0.05) is 10.9 Å². The Kier molecular flexibility index (Phi) is 2.22. The molecule has 3 rings (SSSR count). The van der Waals surface area contributed by atoms with Gasteiger partial charge in [-0.25, -0.2) is 0 Å². The van der Waals surface area contributed by atoms with Crippen molar-refractivity contribution in [3.8, 4) is 11.5 Å². The van der Waals surface area contributed by atoms with Crippen molar-refractivity contribution in [2.75, 3.05) is 19.8 Å². The summed E-state index contributed by atoms with van der Waals surface area (Å²) in [5.41, 5.74) is 7.49. The molecule has 1 aliphatic rings. The largest absolute Gasteiger partial charge is 0.486 e. The SMILES string of the molecule is NCCc1c2c(cc3ccoc13)OCCO2. The van der Waals surface area contributed by atoms with E-state index < -0.39 is 0 Å². The Hall–Kier alpha value is -1.68. The summed E-state index contributed by atoms with van der Waals surface area (Å²) in [6.07, 6.45) is 2.41. The molecule has 2 aromatic rings. The Morgan fingerprint density at radius 1 is 1.25 bits per heavy atom. The summed E-state index contributed by atoms with van der Waals surface area (Å²) >= 11 is 0. The standard InChI is InChI=1S/C12H13NO3/c13-3-1-9-11-8(2-4-15-11)7-10-12(9)16-6-5-14-10/h2,4,7H,1,3,5-6,13H2. The van der Waals surface area contributed by atoms with Gasteiger partial charge in [0.1, 0.15) is 18.8 Å². The zero-order valence-electron chi connectivity index (χ0n) is 8.86. The lowest BCUT2D eigenvalue weighted by Gasteiger charge is -2.21. The predicted octanol–water partition coefficient (Wildman–Crippen LogP) is 1.71. The monoisotopic (exact) mass is 219 g/mol. The molecule has 2 N–H and O–H groups in total. The van der Waals surface area contributed by atoms with Crippen LogP contribution in [0.1, 0.15) is 5.56 Å². The minimum atomic E-state index is 0.565. The lowest BCUT2D eigenvalue weighted by atomic mass is 10.1. The molecule has 0 saturated carbocycles. The summed E-state index contributed by atoms with van der Waals surface area (Å²) in [6.45, 7) is 1.74. The van der Waals surface area contributed by atoms with Crippen molar-refractivity contribution in [2.45, 2.75) is 6.42 Å². The quantitative estimate of drug-likeness (QED) is 0.835. The number of furan rings is 1. The van der Waals surface area contributed by atoms with E-state index in [2.05, 4.69) is 0 Å². The fourth-order valence-corrected chi connectivity index (χ4v) is 2.07. The molecular formula is C12H13NO3. The van der Waals surface area contributed by atoms with Gasteiger partial charge >= 0.3 is 0 Å². The van der Waals surface area contributed by atoms with E-state index in [4.69, 9.17) is 19.6 Å². The minimum Gasteiger partial charge on any atom is -0.486 e. The number of rotatable bonds is 2. The van der Waals surface area contributed by atoms with Crippen LogP contribution in [0.4, 0.5) is 0 Å². The van der Waals surface area contributed by atoms with Crippen LogP contribution in [0.3, 0.4) is 0 Å². The molecule has 0 bridgehead atoms. The van der Waals surface area contributed by atoms with Crippen LogP contribution < -0.4 is 15.2 Å². The smallest absolute Gasteiger partial charge is 0.168 e. The Morgan fingerprint density at radius 2 is 2.12 bits per heavy atom. The maximum Gasteiger partial charge on any atom is 0.168 e. The summed E-state index contributed by atoms with van der Waals surface area (Å²) < 4.78 is 16.7. The first kappa shape index (κ1) is 9.54. The van der Waals surface area contributed by atoms with Crippen molar-refractivity contribution in [3.05, 3.63) is 24.0 Å². The van der Waals surface area contributed by atoms with Crippen molar-refractivity contribution in [2.24, 2.45) is 5.73 Å². The highest BCUT2D eigenvalue weighted by Gasteiger charge is 2.20. The van der Waals surface area contributed by atoms with E-state index in [1.54, 1.807) is 6.26 Å². The molecule has 0 saturated heterocycles. The first-order chi connectivity index (χ1) is 7.90. The average molecular weight is 219 g/mol. The number of benzene rings is 1. The molecule has 0 unspecified atom stereocenters. The fraction of sp³-hybridized carbons (Fsp3) is 0.333. The third-order valence-electron chi connectivity index (χ3n) is 2.74. The van der Waals surface area contributed by atoms with E-state index in [0.29, 0.717) is 19.8 Å². The van der Waals surface area contributed by atoms with Crippen LogP contribution in [0.25, 0.3) is 11.0 Å². The number of fused-ring (bicyclic) bond motifs is 2. The first-order valence-electron chi connectivity index (χ1n) is 5.39. The van der Waals surface area contributed by atoms with Gasteiger partial charge in [0.2, 0.25) is 0 Å². The molecule has 1 aliphatic heterocycles. The highest BCUT2D eigenvalue weighted by atomic mass is 16.6. The Balaban J connectivity index is 2.26. The highest BCUT2D eigenvalue weighted by Crippen LogP contribution is 2.39. The van der Waals surface area contributed by atoms with Gasteiger partial charge in [-0.1, -0.05) is 0 Å². The molecule has 0 aliphatic carbocycles. The molecule has 0 spiro atoms. The summed E-state index contributed by atoms with van der Waals surface area (Å²) in [5, 5.41) is 1.03. The van der Waals surface area contributed by atoms with Crippen molar-refractivity contribution < 1.29 is 13.9 Å². The van der Waals surface area contributed by atoms with E-state index in [1.165, 1.54) is 0 Å². The molecule has 1 aromatic carbocycles. The van der Waals surface area contributed by atoms with Gasteiger partial charge in [0.25, 0.3) is 0 Å². The Morgan fingerprint density at radius 3 is 3.00 bits per heavy atom. The summed E-state index contributed by atoms with van der Waals surface area (Å²) in [4.78, 5) is 0. The molecule has 0 amide bonds. The van der Waals surface area contributed by atoms with Crippen LogP contribution in [0.2, 0.25) is 0 Å². The second-order valence-electron chi connectivity index (χ2n) is 3.76. The maximum absolute atomic E-state index is 5.64. The Bertz CT molecular complexity index is 518. The molecule has 0 radical (unpaired) electrons. The molecule has 0 atom stereocenters. The van der Waals surface area contributed by atoms with E-state index in [-0.39, 0.29) is 0 Å². The second kappa shape index (κ2) is 3.72. The second-order valence-corrected chi connectivity index (χ2v) is 3.76. The van der Waals surface area contributed by atoms with E-state index in [1.807, 2.05) is 12.1 Å². The highest BCUT2D eigenvalue weighted by molar-refractivity contribution is 5.85. The molecule has 0 fully saturated rings. The zero-order chi connectivity index (χ0) is 11.0. The fourth-order valence-electron chi connectivity index (χ4n) is 2.07. The summed E-state index contributed by atoms with van der Waals surface area (Å²) in [7, 11) is 0. The third kappa shape index (κ3) is 1.34. The van der Waals surface area contributed by atoms with Crippen molar-refractivity contribution >= 4 is 11.0 Å². The van der Waals surface area contributed by atoms with Crippen LogP contribution in [-0.2, 0) is 6.42 Å². The van der Waals surface area contributed by atoms with E-state index >= 15 is 0 Å². The number of ether oxygens (including phenoxy) is 2. The van der Waals surface area contributed by atoms with Gasteiger partial charge in [-0.15, -0.1) is 0 Å². The van der Waals surface area contributed by atoms with Crippen LogP contribution >= 0.6 is 0 Å². The average Bonchev–Trinajstić information content (AvgIpc) is 2.77. The molecule has 84 valence electrons. The molecule has 4 nitrogen and oxygen atoms in total. The molecule has 1 aromatic heterocycles. The van der Waals surface area contributed by atoms with Gasteiger partial charge in [-0.2, -0.15) is 0 Å². The van der Waals surface area contributed by atoms with Gasteiger partial charge in [0.05, 0.1) is 6.26 Å². The first-order valence-corrected chi connectivity index (χ1v) is 5.39. The lowest BCUT2D eigenvalue weighted by molar-refractivity contribution is 0.170. The topological polar surface area (TPSA) is 57.6 Å². The van der Waals surface area contributed by atoms with Crippen LogP contribution in [0, 0.1) is 0 Å². The van der Waals surface area contributed by atoms with Crippen LogP contribution in [0.15, 0.2) is 22.8 Å². The van der Waals surface area contributed by atoms with Crippen LogP contribution in [0.5, 0.6) is 11.5 Å². The van der Waals surface area contributed by atoms with E-state index in [0.717, 1.165) is 34.5 Å². The summed E-state index contributed by atoms with van der Waals surface area (Å²) in [6, 6.07) is 3.88. The lowest BCUT2D eigenvalue weighted by Crippen LogP contribution is -2.17. The maximum atomic E-state index is 5.64. The van der Waals surface area contributed by atoms with Crippen LogP contribution in [-0.4, -0.2) is 19.8 Å². The van der Waals surface area contributed by atoms with E-state index in [9.17, 15) is 0 Å². The van der Waals surface area contributed by atoms with Crippen molar-refractivity contribution in [3.63, 3.8) is 0 Å².